The Morgan fingerprint density at radius 3 is 2.51 bits per heavy atom. The number of nitro benzene ring substituents is 1. The van der Waals surface area contributed by atoms with Crippen LogP contribution in [0.15, 0.2) is 60.5 Å². The van der Waals surface area contributed by atoms with Crippen molar-refractivity contribution in [2.45, 2.75) is 91.0 Å². The molecular formula is C42H50N6O8S. The van der Waals surface area contributed by atoms with E-state index in [2.05, 4.69) is 31.1 Å². The fourth-order valence-electron chi connectivity index (χ4n) is 7.32. The predicted molar refractivity (Wildman–Crippen MR) is 219 cm³/mol. The van der Waals surface area contributed by atoms with Gasteiger partial charge in [-0.05, 0) is 49.8 Å². The Bertz CT molecular complexity index is 2220. The Labute approximate surface area is 336 Å². The molecular weight excluding hydrogens is 749 g/mol. The van der Waals surface area contributed by atoms with Crippen LogP contribution in [0.2, 0.25) is 0 Å². The molecule has 302 valence electrons. The zero-order valence-electron chi connectivity index (χ0n) is 33.6. The molecule has 1 saturated carbocycles. The SMILES string of the molecule is C=C[C@@H]1C[C@]1(NC(=O)[C@@H]1C[C@@H](Oc2cc(-c3nc(C(C)C)cs3)nc3c(C)c(OC)ccc23)CN1C(=O)[C@@H](Nc1ccccc1[N+](=O)[O-])C(C)(C)C)C(=O)OCC. The predicted octanol–water partition coefficient (Wildman–Crippen LogP) is 7.21. The van der Waals surface area contributed by atoms with Gasteiger partial charge in [-0.3, -0.25) is 19.7 Å². The molecule has 3 heterocycles. The van der Waals surface area contributed by atoms with Crippen molar-refractivity contribution in [3.8, 4) is 22.2 Å². The van der Waals surface area contributed by atoms with Crippen LogP contribution in [0.3, 0.4) is 0 Å². The van der Waals surface area contributed by atoms with Crippen LogP contribution >= 0.6 is 11.3 Å². The summed E-state index contributed by atoms with van der Waals surface area (Å²) in [7, 11) is 1.60. The zero-order valence-corrected chi connectivity index (χ0v) is 34.4. The second kappa shape index (κ2) is 16.1. The molecule has 15 heteroatoms. The van der Waals surface area contributed by atoms with E-state index in [0.717, 1.165) is 11.3 Å². The van der Waals surface area contributed by atoms with Crippen molar-refractivity contribution in [2.75, 3.05) is 25.6 Å². The number of fused-ring (bicyclic) bond motifs is 1. The lowest BCUT2D eigenvalue weighted by molar-refractivity contribution is -0.384. The number of carbonyl (C=O) groups excluding carboxylic acids is 3. The average Bonchev–Trinajstić information content (AvgIpc) is 3.44. The largest absolute Gasteiger partial charge is 0.496 e. The highest BCUT2D eigenvalue weighted by atomic mass is 32.1. The first kappa shape index (κ1) is 41.1. The Hall–Kier alpha value is -5.57. The molecule has 57 heavy (non-hydrogen) atoms. The third-order valence-electron chi connectivity index (χ3n) is 10.6. The zero-order chi connectivity index (χ0) is 41.4. The van der Waals surface area contributed by atoms with Gasteiger partial charge >= 0.3 is 5.97 Å². The molecule has 2 fully saturated rings. The van der Waals surface area contributed by atoms with Crippen LogP contribution in [0.1, 0.15) is 71.6 Å². The number of benzene rings is 2. The Balaban J connectivity index is 1.40. The van der Waals surface area contributed by atoms with E-state index in [-0.39, 0.29) is 42.8 Å². The third kappa shape index (κ3) is 8.16. The maximum atomic E-state index is 14.9. The summed E-state index contributed by atoms with van der Waals surface area (Å²) in [6.07, 6.45) is 1.33. The number of anilines is 1. The molecule has 2 N–H and O–H groups in total. The summed E-state index contributed by atoms with van der Waals surface area (Å²) in [5, 5.41) is 21.5. The molecule has 4 aromatic rings. The first-order valence-electron chi connectivity index (χ1n) is 19.1. The molecule has 0 radical (unpaired) electrons. The highest BCUT2D eigenvalue weighted by Gasteiger charge is 2.62. The molecule has 1 aliphatic heterocycles. The molecule has 2 amide bonds. The molecule has 2 aromatic heterocycles. The van der Waals surface area contributed by atoms with Gasteiger partial charge in [-0.1, -0.05) is 52.8 Å². The van der Waals surface area contributed by atoms with E-state index in [9.17, 15) is 24.5 Å². The number of pyridine rings is 1. The summed E-state index contributed by atoms with van der Waals surface area (Å²) in [6, 6.07) is 9.59. The number of aryl methyl sites for hydroxylation is 1. The van der Waals surface area contributed by atoms with Crippen molar-refractivity contribution in [1.29, 1.82) is 0 Å². The molecule has 2 aliphatic rings. The number of nitro groups is 1. The maximum Gasteiger partial charge on any atom is 0.332 e. The van der Waals surface area contributed by atoms with Crippen LogP contribution in [0.25, 0.3) is 21.6 Å². The van der Waals surface area contributed by atoms with E-state index in [0.29, 0.717) is 39.5 Å². The number of methoxy groups -OCH3 is 1. The van der Waals surface area contributed by atoms with Crippen molar-refractivity contribution >= 4 is 51.4 Å². The number of esters is 1. The monoisotopic (exact) mass is 798 g/mol. The Morgan fingerprint density at radius 1 is 1.16 bits per heavy atom. The van der Waals surface area contributed by atoms with Gasteiger partial charge in [0.1, 0.15) is 51.6 Å². The molecule has 1 aliphatic carbocycles. The topological polar surface area (TPSA) is 175 Å². The van der Waals surface area contributed by atoms with Crippen LogP contribution in [0.5, 0.6) is 11.5 Å². The number of nitrogens with one attached hydrogen (secondary N) is 2. The maximum absolute atomic E-state index is 14.9. The lowest BCUT2D eigenvalue weighted by Gasteiger charge is -2.36. The number of rotatable bonds is 14. The van der Waals surface area contributed by atoms with Gasteiger partial charge in [-0.2, -0.15) is 0 Å². The lowest BCUT2D eigenvalue weighted by atomic mass is 9.85. The Morgan fingerprint density at radius 2 is 1.89 bits per heavy atom. The molecule has 1 saturated heterocycles. The summed E-state index contributed by atoms with van der Waals surface area (Å²) >= 11 is 1.48. The number of likely N-dealkylation sites (tertiary alicyclic amines) is 1. The van der Waals surface area contributed by atoms with E-state index in [1.54, 1.807) is 38.3 Å². The van der Waals surface area contributed by atoms with E-state index in [4.69, 9.17) is 24.2 Å². The standard InChI is InChI=1S/C42H50N6O8S/c1-10-25-20-42(25,40(51)55-11-2)46-37(49)32-18-26(21-47(32)39(50)36(41(6,7)8)44-28-14-12-13-15-31(28)48(52)53)56-34-19-29(38-45-30(22-57-38)23(3)4)43-35-24(5)33(54-9)17-16-27(34)35/h10,12-17,19,22-23,25-26,32,36,44H,1,11,18,20-21H2,2-9H3,(H,46,49)/t25-,26-,32+,36-,42-/m1/s1. The Kier molecular flexibility index (Phi) is 11.6. The van der Waals surface area contributed by atoms with Crippen LogP contribution in [-0.4, -0.2) is 81.6 Å². The van der Waals surface area contributed by atoms with Crippen molar-refractivity contribution in [2.24, 2.45) is 11.3 Å². The minimum atomic E-state index is -1.30. The minimum Gasteiger partial charge on any atom is -0.496 e. The molecule has 0 spiro atoms. The van der Waals surface area contributed by atoms with E-state index >= 15 is 0 Å². The number of ether oxygens (including phenoxy) is 3. The van der Waals surface area contributed by atoms with E-state index in [1.807, 2.05) is 51.3 Å². The lowest BCUT2D eigenvalue weighted by Crippen LogP contribution is -2.57. The highest BCUT2D eigenvalue weighted by molar-refractivity contribution is 7.13. The van der Waals surface area contributed by atoms with Gasteiger partial charge in [0.05, 0.1) is 36.4 Å². The van der Waals surface area contributed by atoms with Crippen LogP contribution in [0.4, 0.5) is 11.4 Å². The van der Waals surface area contributed by atoms with Crippen LogP contribution in [-0.2, 0) is 19.1 Å². The van der Waals surface area contributed by atoms with Gasteiger partial charge in [0.15, 0.2) is 0 Å². The van der Waals surface area contributed by atoms with Gasteiger partial charge in [0.25, 0.3) is 5.69 Å². The minimum absolute atomic E-state index is 0.00237. The fourth-order valence-corrected chi connectivity index (χ4v) is 8.26. The highest BCUT2D eigenvalue weighted by Crippen LogP contribution is 2.46. The van der Waals surface area contributed by atoms with Gasteiger partial charge in [-0.25, -0.2) is 14.8 Å². The fraction of sp³-hybridized carbons (Fsp3) is 0.452. The molecule has 0 bridgehead atoms. The summed E-state index contributed by atoms with van der Waals surface area (Å²) in [5.41, 5.74) is 0.919. The van der Waals surface area contributed by atoms with Crippen molar-refractivity contribution in [3.63, 3.8) is 0 Å². The summed E-state index contributed by atoms with van der Waals surface area (Å²) in [5.74, 6) is -0.553. The summed E-state index contributed by atoms with van der Waals surface area (Å²) in [4.78, 5) is 65.3. The van der Waals surface area contributed by atoms with Crippen molar-refractivity contribution < 1.29 is 33.5 Å². The molecule has 2 aromatic carbocycles. The third-order valence-corrected chi connectivity index (χ3v) is 11.5. The quantitative estimate of drug-likeness (QED) is 0.0571. The smallest absolute Gasteiger partial charge is 0.332 e. The second-order valence-corrected chi connectivity index (χ2v) is 16.8. The van der Waals surface area contributed by atoms with Gasteiger partial charge in [0.2, 0.25) is 11.8 Å². The van der Waals surface area contributed by atoms with Crippen molar-refractivity contribution in [1.82, 2.24) is 20.2 Å². The number of aromatic nitrogens is 2. The molecule has 6 rings (SSSR count). The normalized spacial score (nSPS) is 20.9. The van der Waals surface area contributed by atoms with Gasteiger partial charge in [-0.15, -0.1) is 17.9 Å². The number of thiazole rings is 1. The number of carbonyl (C=O) groups is 3. The number of hydrogen-bond acceptors (Lipinski definition) is 12. The number of amides is 2. The first-order chi connectivity index (χ1) is 27.0. The van der Waals surface area contributed by atoms with Crippen LogP contribution in [0, 0.1) is 28.4 Å². The molecule has 5 atom stereocenters. The first-order valence-corrected chi connectivity index (χ1v) is 19.9. The second-order valence-electron chi connectivity index (χ2n) is 16.0. The number of nitrogens with zero attached hydrogens (tertiary/aromatic N) is 4. The summed E-state index contributed by atoms with van der Waals surface area (Å²) < 4.78 is 17.8. The average molecular weight is 799 g/mol. The van der Waals surface area contributed by atoms with E-state index in [1.165, 1.54) is 22.3 Å². The van der Waals surface area contributed by atoms with Gasteiger partial charge < -0.3 is 29.7 Å². The number of hydrogen-bond donors (Lipinski definition) is 2. The van der Waals surface area contributed by atoms with Gasteiger partial charge in [0, 0.05) is 40.8 Å². The number of para-hydroxylation sites is 2. The molecule has 14 nitrogen and oxygen atoms in total. The molecule has 0 unspecified atom stereocenters. The van der Waals surface area contributed by atoms with E-state index < -0.39 is 51.8 Å². The van der Waals surface area contributed by atoms with Crippen LogP contribution < -0.4 is 20.1 Å². The van der Waals surface area contributed by atoms with Crippen molar-refractivity contribution in [3.05, 3.63) is 81.9 Å². The summed E-state index contributed by atoms with van der Waals surface area (Å²) in [6.45, 7) is 17.3.